The molecular formula is C31H48O5. The first-order valence-corrected chi connectivity index (χ1v) is 14.5. The molecule has 3 fully saturated rings. The van der Waals surface area contributed by atoms with Crippen molar-refractivity contribution < 1.29 is 23.9 Å². The summed E-state index contributed by atoms with van der Waals surface area (Å²) in [5, 5.41) is 0. The number of esters is 2. The zero-order chi connectivity index (χ0) is 26.3. The Balaban J connectivity index is 1.41. The number of hydrogen-bond acceptors (Lipinski definition) is 5. The molecule has 0 bridgehead atoms. The fraction of sp³-hybridized carbons (Fsp3) is 0.839. The molecule has 0 saturated heterocycles. The molecule has 3 saturated carbocycles. The van der Waals surface area contributed by atoms with Gasteiger partial charge >= 0.3 is 11.9 Å². The van der Waals surface area contributed by atoms with E-state index in [0.717, 1.165) is 57.8 Å². The van der Waals surface area contributed by atoms with Crippen LogP contribution < -0.4 is 0 Å². The molecule has 202 valence electrons. The van der Waals surface area contributed by atoms with Gasteiger partial charge in [0.2, 0.25) is 0 Å². The minimum absolute atomic E-state index is 0.0299. The standard InChI is InChI=1S/C31H48O5/c1-19(18-35-21(3)32)8-7-9-20(2)29-28(34)17-27-25-11-10-23-16-24(36-22(4)33)12-14-30(23,5)26(25)13-15-31(27,29)6/h10,19-20,24-27,29H,7-9,11-18H2,1-6H3. The van der Waals surface area contributed by atoms with Crippen LogP contribution >= 0.6 is 0 Å². The molecule has 0 N–H and O–H groups in total. The second kappa shape index (κ2) is 10.6. The van der Waals surface area contributed by atoms with Crippen LogP contribution in [-0.4, -0.2) is 30.4 Å². The van der Waals surface area contributed by atoms with Gasteiger partial charge in [0.15, 0.2) is 0 Å². The van der Waals surface area contributed by atoms with Gasteiger partial charge < -0.3 is 9.47 Å². The molecule has 0 spiro atoms. The van der Waals surface area contributed by atoms with Crippen LogP contribution in [0.1, 0.15) is 106 Å². The van der Waals surface area contributed by atoms with E-state index in [1.165, 1.54) is 25.8 Å². The molecule has 4 aliphatic carbocycles. The summed E-state index contributed by atoms with van der Waals surface area (Å²) in [6.45, 7) is 12.8. The Hall–Kier alpha value is -1.65. The van der Waals surface area contributed by atoms with Crippen molar-refractivity contribution >= 4 is 17.7 Å². The van der Waals surface area contributed by atoms with Gasteiger partial charge in [0.05, 0.1) is 6.61 Å². The molecular weight excluding hydrogens is 452 g/mol. The predicted molar refractivity (Wildman–Crippen MR) is 140 cm³/mol. The zero-order valence-corrected chi connectivity index (χ0v) is 23.4. The molecule has 5 nitrogen and oxygen atoms in total. The summed E-state index contributed by atoms with van der Waals surface area (Å²) in [6, 6.07) is 0. The van der Waals surface area contributed by atoms with Crippen LogP contribution in [0.15, 0.2) is 11.6 Å². The molecule has 0 amide bonds. The van der Waals surface area contributed by atoms with Crippen molar-refractivity contribution in [1.29, 1.82) is 0 Å². The fourth-order valence-corrected chi connectivity index (χ4v) is 9.06. The highest BCUT2D eigenvalue weighted by atomic mass is 16.5. The van der Waals surface area contributed by atoms with Gasteiger partial charge in [0.1, 0.15) is 11.9 Å². The Kier molecular flexibility index (Phi) is 8.07. The van der Waals surface area contributed by atoms with E-state index < -0.39 is 0 Å². The van der Waals surface area contributed by atoms with Crippen molar-refractivity contribution in [2.24, 2.45) is 46.3 Å². The Morgan fingerprint density at radius 3 is 2.47 bits per heavy atom. The lowest BCUT2D eigenvalue weighted by atomic mass is 9.47. The third-order valence-corrected chi connectivity index (χ3v) is 10.8. The first-order chi connectivity index (χ1) is 17.0. The molecule has 0 heterocycles. The molecule has 0 aromatic heterocycles. The van der Waals surface area contributed by atoms with Gasteiger partial charge in [-0.3, -0.25) is 14.4 Å². The van der Waals surface area contributed by atoms with E-state index in [2.05, 4.69) is 33.8 Å². The highest BCUT2D eigenvalue weighted by Gasteiger charge is 2.61. The summed E-state index contributed by atoms with van der Waals surface area (Å²) < 4.78 is 10.7. The van der Waals surface area contributed by atoms with Gasteiger partial charge in [-0.15, -0.1) is 0 Å². The van der Waals surface area contributed by atoms with E-state index in [9.17, 15) is 14.4 Å². The van der Waals surface area contributed by atoms with Gasteiger partial charge in [-0.05, 0) is 85.4 Å². The second-order valence-electron chi connectivity index (χ2n) is 13.2. The van der Waals surface area contributed by atoms with E-state index in [1.54, 1.807) is 0 Å². The van der Waals surface area contributed by atoms with E-state index in [4.69, 9.17) is 9.47 Å². The maximum absolute atomic E-state index is 13.5. The SMILES string of the molecule is CC(=O)OCC(C)CCCC(C)C1C(=O)CC2C3CC=C4CC(OC(C)=O)CCC4(C)C3CCC21C. The lowest BCUT2D eigenvalue weighted by Crippen LogP contribution is -2.51. The zero-order valence-electron chi connectivity index (χ0n) is 23.4. The minimum Gasteiger partial charge on any atom is -0.466 e. The Bertz CT molecular complexity index is 891. The topological polar surface area (TPSA) is 69.7 Å². The summed E-state index contributed by atoms with van der Waals surface area (Å²) in [4.78, 5) is 36.1. The highest BCUT2D eigenvalue weighted by Crippen LogP contribution is 2.66. The smallest absolute Gasteiger partial charge is 0.302 e. The minimum atomic E-state index is -0.211. The van der Waals surface area contributed by atoms with E-state index in [1.807, 2.05) is 0 Å². The Labute approximate surface area is 218 Å². The molecule has 0 radical (unpaired) electrons. The highest BCUT2D eigenvalue weighted by molar-refractivity contribution is 5.85. The quantitative estimate of drug-likeness (QED) is 0.275. The first-order valence-electron chi connectivity index (χ1n) is 14.5. The van der Waals surface area contributed by atoms with Crippen molar-refractivity contribution in [1.82, 2.24) is 0 Å². The molecule has 9 atom stereocenters. The van der Waals surface area contributed by atoms with E-state index in [-0.39, 0.29) is 34.8 Å². The number of fused-ring (bicyclic) bond motifs is 5. The van der Waals surface area contributed by atoms with Gasteiger partial charge in [0, 0.05) is 32.6 Å². The average Bonchev–Trinajstić information content (AvgIpc) is 3.07. The van der Waals surface area contributed by atoms with E-state index in [0.29, 0.717) is 42.0 Å². The van der Waals surface area contributed by atoms with Gasteiger partial charge in [-0.2, -0.15) is 0 Å². The lowest BCUT2D eigenvalue weighted by molar-refractivity contribution is -0.149. The largest absolute Gasteiger partial charge is 0.466 e. The number of Topliss-reactive ketones (excluding diaryl/α,β-unsaturated/α-hetero) is 1. The van der Waals surface area contributed by atoms with Crippen LogP contribution in [0.3, 0.4) is 0 Å². The third-order valence-electron chi connectivity index (χ3n) is 10.8. The summed E-state index contributed by atoms with van der Waals surface area (Å²) in [5.41, 5.74) is 1.80. The van der Waals surface area contributed by atoms with Crippen LogP contribution in [0.4, 0.5) is 0 Å². The number of carbonyl (C=O) groups excluding carboxylic acids is 3. The van der Waals surface area contributed by atoms with Crippen molar-refractivity contribution in [3.63, 3.8) is 0 Å². The molecule has 9 unspecified atom stereocenters. The van der Waals surface area contributed by atoms with Crippen molar-refractivity contribution in [2.45, 2.75) is 112 Å². The van der Waals surface area contributed by atoms with Gasteiger partial charge in [-0.25, -0.2) is 0 Å². The number of allylic oxidation sites excluding steroid dienone is 1. The monoisotopic (exact) mass is 500 g/mol. The van der Waals surface area contributed by atoms with Crippen molar-refractivity contribution in [3.8, 4) is 0 Å². The van der Waals surface area contributed by atoms with Crippen LogP contribution in [-0.2, 0) is 23.9 Å². The van der Waals surface area contributed by atoms with Gasteiger partial charge in [0.25, 0.3) is 0 Å². The van der Waals surface area contributed by atoms with E-state index >= 15 is 0 Å². The third kappa shape index (κ3) is 5.18. The van der Waals surface area contributed by atoms with Crippen LogP contribution in [0.2, 0.25) is 0 Å². The fourth-order valence-electron chi connectivity index (χ4n) is 9.06. The molecule has 0 aromatic carbocycles. The Morgan fingerprint density at radius 2 is 1.78 bits per heavy atom. The molecule has 5 heteroatoms. The average molecular weight is 501 g/mol. The lowest BCUT2D eigenvalue weighted by Gasteiger charge is -2.58. The summed E-state index contributed by atoms with van der Waals surface area (Å²) in [6.07, 6.45) is 12.8. The number of ether oxygens (including phenoxy) is 2. The maximum atomic E-state index is 13.5. The first kappa shape index (κ1) is 27.4. The maximum Gasteiger partial charge on any atom is 0.302 e. The molecule has 36 heavy (non-hydrogen) atoms. The Morgan fingerprint density at radius 1 is 1.03 bits per heavy atom. The number of rotatable bonds is 8. The molecule has 0 aromatic rings. The van der Waals surface area contributed by atoms with Gasteiger partial charge in [-0.1, -0.05) is 45.8 Å². The number of carbonyl (C=O) groups is 3. The van der Waals surface area contributed by atoms with Crippen molar-refractivity contribution in [2.75, 3.05) is 6.61 Å². The summed E-state index contributed by atoms with van der Waals surface area (Å²) >= 11 is 0. The van der Waals surface area contributed by atoms with Crippen LogP contribution in [0, 0.1) is 46.3 Å². The van der Waals surface area contributed by atoms with Crippen LogP contribution in [0.25, 0.3) is 0 Å². The number of ketones is 1. The molecule has 4 rings (SSSR count). The van der Waals surface area contributed by atoms with Crippen molar-refractivity contribution in [3.05, 3.63) is 11.6 Å². The molecule has 0 aliphatic heterocycles. The summed E-state index contributed by atoms with van der Waals surface area (Å²) in [5.74, 6) is 2.76. The normalized spacial score (nSPS) is 39.2. The molecule has 4 aliphatic rings. The number of hydrogen-bond donors (Lipinski definition) is 0. The summed E-state index contributed by atoms with van der Waals surface area (Å²) in [7, 11) is 0. The second-order valence-corrected chi connectivity index (χ2v) is 13.2. The predicted octanol–water partition coefficient (Wildman–Crippen LogP) is 6.68. The van der Waals surface area contributed by atoms with Crippen LogP contribution in [0.5, 0.6) is 0 Å².